The van der Waals surface area contributed by atoms with Gasteiger partial charge in [0.25, 0.3) is 0 Å². The third-order valence-corrected chi connectivity index (χ3v) is 2.27. The van der Waals surface area contributed by atoms with E-state index in [0.29, 0.717) is 11.4 Å². The standard InChI is InChI=1S/C12H14ClNO2/c1-9(2)6-12(14(15)16)8-10-4-3-5-11(13)7-10/h3-5,7-9H,6H2,1-2H3. The van der Waals surface area contributed by atoms with Crippen molar-refractivity contribution in [1.29, 1.82) is 0 Å². The first-order valence-corrected chi connectivity index (χ1v) is 5.47. The molecular weight excluding hydrogens is 226 g/mol. The van der Waals surface area contributed by atoms with Crippen LogP contribution in [0, 0.1) is 16.0 Å². The van der Waals surface area contributed by atoms with Crippen LogP contribution in [0.2, 0.25) is 5.02 Å². The minimum absolute atomic E-state index is 0.220. The van der Waals surface area contributed by atoms with E-state index in [-0.39, 0.29) is 16.5 Å². The Balaban J connectivity index is 2.97. The van der Waals surface area contributed by atoms with Crippen LogP contribution in [0.1, 0.15) is 25.8 Å². The Morgan fingerprint density at radius 3 is 2.75 bits per heavy atom. The lowest BCUT2D eigenvalue weighted by atomic mass is 10.1. The molecule has 0 heterocycles. The average Bonchev–Trinajstić information content (AvgIpc) is 2.15. The topological polar surface area (TPSA) is 43.1 Å². The van der Waals surface area contributed by atoms with E-state index < -0.39 is 0 Å². The van der Waals surface area contributed by atoms with Crippen LogP contribution in [0.25, 0.3) is 6.08 Å². The quantitative estimate of drug-likeness (QED) is 0.589. The zero-order valence-corrected chi connectivity index (χ0v) is 10.1. The van der Waals surface area contributed by atoms with Crippen molar-refractivity contribution in [2.24, 2.45) is 5.92 Å². The normalized spacial score (nSPS) is 11.9. The first-order valence-electron chi connectivity index (χ1n) is 5.09. The van der Waals surface area contributed by atoms with E-state index in [0.717, 1.165) is 5.56 Å². The highest BCUT2D eigenvalue weighted by Crippen LogP contribution is 2.18. The van der Waals surface area contributed by atoms with Gasteiger partial charge in [0.05, 0.1) is 4.92 Å². The van der Waals surface area contributed by atoms with Gasteiger partial charge in [-0.1, -0.05) is 37.6 Å². The molecule has 0 radical (unpaired) electrons. The fourth-order valence-electron chi connectivity index (χ4n) is 1.39. The van der Waals surface area contributed by atoms with Crippen molar-refractivity contribution >= 4 is 17.7 Å². The van der Waals surface area contributed by atoms with Crippen LogP contribution < -0.4 is 0 Å². The van der Waals surface area contributed by atoms with Gasteiger partial charge in [-0.15, -0.1) is 0 Å². The molecule has 0 bridgehead atoms. The highest BCUT2D eigenvalue weighted by Gasteiger charge is 2.12. The Morgan fingerprint density at radius 2 is 2.25 bits per heavy atom. The third-order valence-electron chi connectivity index (χ3n) is 2.03. The first kappa shape index (κ1) is 12.7. The number of nitrogens with zero attached hydrogens (tertiary/aromatic N) is 1. The molecule has 0 saturated heterocycles. The smallest absolute Gasteiger partial charge is 0.247 e. The monoisotopic (exact) mass is 239 g/mol. The van der Waals surface area contributed by atoms with Gasteiger partial charge in [0.1, 0.15) is 0 Å². The van der Waals surface area contributed by atoms with Crippen LogP contribution in [-0.2, 0) is 0 Å². The zero-order valence-electron chi connectivity index (χ0n) is 9.31. The fourth-order valence-corrected chi connectivity index (χ4v) is 1.59. The number of hydrogen-bond acceptors (Lipinski definition) is 2. The summed E-state index contributed by atoms with van der Waals surface area (Å²) < 4.78 is 0. The van der Waals surface area contributed by atoms with E-state index in [4.69, 9.17) is 11.6 Å². The maximum Gasteiger partial charge on any atom is 0.247 e. The third kappa shape index (κ3) is 4.03. The minimum atomic E-state index is -0.332. The number of hydrogen-bond donors (Lipinski definition) is 0. The van der Waals surface area contributed by atoms with Gasteiger partial charge in [0, 0.05) is 17.5 Å². The summed E-state index contributed by atoms with van der Waals surface area (Å²) in [5.74, 6) is 0.260. The Kier molecular flexibility index (Phi) is 4.50. The SMILES string of the molecule is CC(C)CC(=Cc1cccc(Cl)c1)[N+](=O)[O-]. The number of allylic oxidation sites excluding steroid dienone is 1. The number of halogens is 1. The highest BCUT2D eigenvalue weighted by molar-refractivity contribution is 6.30. The van der Waals surface area contributed by atoms with Gasteiger partial charge in [0.15, 0.2) is 0 Å². The van der Waals surface area contributed by atoms with Gasteiger partial charge in [0.2, 0.25) is 5.70 Å². The molecule has 0 spiro atoms. The summed E-state index contributed by atoms with van der Waals surface area (Å²) in [6, 6.07) is 7.04. The zero-order chi connectivity index (χ0) is 12.1. The van der Waals surface area contributed by atoms with E-state index in [1.807, 2.05) is 13.8 Å². The lowest BCUT2D eigenvalue weighted by Gasteiger charge is -2.02. The molecular formula is C12H14ClNO2. The molecule has 1 aromatic carbocycles. The minimum Gasteiger partial charge on any atom is -0.259 e. The summed E-state index contributed by atoms with van der Waals surface area (Å²) in [7, 11) is 0. The second-order valence-electron chi connectivity index (χ2n) is 4.05. The molecule has 1 rings (SSSR count). The van der Waals surface area contributed by atoms with E-state index in [2.05, 4.69) is 0 Å². The molecule has 0 aliphatic rings. The molecule has 1 aromatic rings. The average molecular weight is 240 g/mol. The van der Waals surface area contributed by atoms with Crippen molar-refractivity contribution in [2.75, 3.05) is 0 Å². The van der Waals surface area contributed by atoms with Gasteiger partial charge in [-0.3, -0.25) is 10.1 Å². The summed E-state index contributed by atoms with van der Waals surface area (Å²) in [4.78, 5) is 10.5. The molecule has 0 aliphatic carbocycles. The molecule has 86 valence electrons. The summed E-state index contributed by atoms with van der Waals surface area (Å²) in [6.07, 6.45) is 2.03. The Hall–Kier alpha value is -1.35. The van der Waals surface area contributed by atoms with Crippen molar-refractivity contribution in [2.45, 2.75) is 20.3 Å². The molecule has 16 heavy (non-hydrogen) atoms. The van der Waals surface area contributed by atoms with Gasteiger partial charge >= 0.3 is 0 Å². The van der Waals surface area contributed by atoms with Crippen molar-refractivity contribution in [3.63, 3.8) is 0 Å². The summed E-state index contributed by atoms with van der Waals surface area (Å²) in [5, 5.41) is 11.4. The summed E-state index contributed by atoms with van der Waals surface area (Å²) >= 11 is 5.81. The maximum absolute atomic E-state index is 10.8. The summed E-state index contributed by atoms with van der Waals surface area (Å²) in [6.45, 7) is 3.91. The van der Waals surface area contributed by atoms with E-state index in [1.54, 1.807) is 30.3 Å². The lowest BCUT2D eigenvalue weighted by molar-refractivity contribution is -0.427. The van der Waals surface area contributed by atoms with Crippen LogP contribution >= 0.6 is 11.6 Å². The molecule has 0 amide bonds. The van der Waals surface area contributed by atoms with Crippen LogP contribution in [0.3, 0.4) is 0 Å². The van der Waals surface area contributed by atoms with Gasteiger partial charge in [-0.2, -0.15) is 0 Å². The molecule has 0 fully saturated rings. The van der Waals surface area contributed by atoms with Crippen molar-refractivity contribution in [3.8, 4) is 0 Å². The van der Waals surface area contributed by atoms with E-state index in [1.165, 1.54) is 0 Å². The Labute approximate surface area is 99.9 Å². The van der Waals surface area contributed by atoms with E-state index in [9.17, 15) is 10.1 Å². The van der Waals surface area contributed by atoms with Crippen LogP contribution in [0.4, 0.5) is 0 Å². The number of benzene rings is 1. The van der Waals surface area contributed by atoms with Crippen molar-refractivity contribution in [3.05, 3.63) is 50.7 Å². The molecule has 0 saturated carbocycles. The molecule has 0 N–H and O–H groups in total. The summed E-state index contributed by atoms with van der Waals surface area (Å²) in [5.41, 5.74) is 0.983. The molecule has 0 aromatic heterocycles. The van der Waals surface area contributed by atoms with Crippen LogP contribution in [0.15, 0.2) is 30.0 Å². The molecule has 4 heteroatoms. The highest BCUT2D eigenvalue weighted by atomic mass is 35.5. The Bertz CT molecular complexity index is 413. The fraction of sp³-hybridized carbons (Fsp3) is 0.333. The van der Waals surface area contributed by atoms with Gasteiger partial charge in [-0.05, 0) is 23.6 Å². The van der Waals surface area contributed by atoms with Crippen molar-refractivity contribution < 1.29 is 4.92 Å². The molecule has 0 atom stereocenters. The second-order valence-corrected chi connectivity index (χ2v) is 4.48. The molecule has 3 nitrogen and oxygen atoms in total. The Morgan fingerprint density at radius 1 is 1.56 bits per heavy atom. The van der Waals surface area contributed by atoms with E-state index >= 15 is 0 Å². The van der Waals surface area contributed by atoms with Crippen LogP contribution in [-0.4, -0.2) is 4.92 Å². The maximum atomic E-state index is 10.8. The number of nitro groups is 1. The van der Waals surface area contributed by atoms with Gasteiger partial charge in [-0.25, -0.2) is 0 Å². The molecule has 0 aliphatic heterocycles. The predicted octanol–water partition coefficient (Wildman–Crippen LogP) is 4.00. The lowest BCUT2D eigenvalue weighted by Crippen LogP contribution is -2.02. The molecule has 0 unspecified atom stereocenters. The second kappa shape index (κ2) is 5.66. The number of rotatable bonds is 4. The first-order chi connectivity index (χ1) is 7.49. The van der Waals surface area contributed by atoms with Crippen molar-refractivity contribution in [1.82, 2.24) is 0 Å². The van der Waals surface area contributed by atoms with Gasteiger partial charge < -0.3 is 0 Å². The predicted molar refractivity (Wildman–Crippen MR) is 65.9 cm³/mol. The van der Waals surface area contributed by atoms with Crippen LogP contribution in [0.5, 0.6) is 0 Å². The largest absolute Gasteiger partial charge is 0.259 e.